The van der Waals surface area contributed by atoms with Crippen LogP contribution in [-0.2, 0) is 14.3 Å². The zero-order chi connectivity index (χ0) is 30.6. The smallest absolute Gasteiger partial charge is 0.408 e. The lowest BCUT2D eigenvalue weighted by Crippen LogP contribution is -2.58. The first-order valence-corrected chi connectivity index (χ1v) is 14.8. The van der Waals surface area contributed by atoms with E-state index in [1.54, 1.807) is 50.8 Å². The van der Waals surface area contributed by atoms with E-state index in [1.807, 2.05) is 56.3 Å². The van der Waals surface area contributed by atoms with E-state index in [4.69, 9.17) is 4.74 Å². The molecule has 224 valence electrons. The minimum atomic E-state index is -1.12. The third-order valence-corrected chi connectivity index (χ3v) is 7.98. The summed E-state index contributed by atoms with van der Waals surface area (Å²) < 4.78 is 5.50. The van der Waals surface area contributed by atoms with Crippen LogP contribution in [0.5, 0.6) is 5.75 Å². The lowest BCUT2D eigenvalue weighted by Gasteiger charge is -2.44. The quantitative estimate of drug-likeness (QED) is 0.259. The number of nitrogens with one attached hydrogen (secondary N) is 2. The predicted octanol–water partition coefficient (Wildman–Crippen LogP) is 6.85. The molecule has 1 aliphatic carbocycles. The molecule has 1 fully saturated rings. The topological polar surface area (TPSA) is 108 Å². The molecule has 0 radical (unpaired) electrons. The zero-order valence-corrected chi connectivity index (χ0v) is 25.4. The lowest BCUT2D eigenvalue weighted by molar-refractivity contribution is -0.147. The van der Waals surface area contributed by atoms with E-state index >= 15 is 0 Å². The largest absolute Gasteiger partial charge is 0.507 e. The van der Waals surface area contributed by atoms with Gasteiger partial charge in [-0.25, -0.2) is 4.79 Å². The minimum absolute atomic E-state index is 0.0338. The summed E-state index contributed by atoms with van der Waals surface area (Å²) in [6.07, 6.45) is 2.29. The number of rotatable bonds is 9. The van der Waals surface area contributed by atoms with Crippen LogP contribution in [0.4, 0.5) is 10.5 Å². The minimum Gasteiger partial charge on any atom is -0.507 e. The van der Waals surface area contributed by atoms with Crippen molar-refractivity contribution in [3.8, 4) is 5.75 Å². The molecular weight excluding hydrogens is 530 g/mol. The standard InChI is InChI=1S/C34H43N3O5/c1-7-21(2)28(36-33(41)42-34(4,5)6)32(40)37(26-15-11-16-26)29(27-17-10-12-22(3)30(27)38)31(39)35-25-19-18-23-13-8-9-14-24(23)20-25/h8-10,12-14,17-21,26,28-29,38H,7,11,15-16H2,1-6H3,(H,35,39)(H,36,41). The average Bonchev–Trinajstić information content (AvgIpc) is 2.90. The molecule has 3 amide bonds. The molecule has 0 spiro atoms. The van der Waals surface area contributed by atoms with Crippen LogP contribution in [0.1, 0.15) is 77.5 Å². The maximum atomic E-state index is 14.5. The van der Waals surface area contributed by atoms with Gasteiger partial charge >= 0.3 is 6.09 Å². The summed E-state index contributed by atoms with van der Waals surface area (Å²) in [7, 11) is 0. The molecule has 0 aliphatic heterocycles. The van der Waals surface area contributed by atoms with E-state index in [0.717, 1.165) is 30.0 Å². The summed E-state index contributed by atoms with van der Waals surface area (Å²) in [5, 5.41) is 19.0. The van der Waals surface area contributed by atoms with Crippen molar-refractivity contribution < 1.29 is 24.2 Å². The SMILES string of the molecule is CCC(C)C(NC(=O)OC(C)(C)C)C(=O)N(C1CCC1)C(C(=O)Nc1ccc2ccccc2c1)c1cccc(C)c1O. The first-order valence-electron chi connectivity index (χ1n) is 14.8. The fourth-order valence-corrected chi connectivity index (χ4v) is 5.26. The van der Waals surface area contributed by atoms with Crippen molar-refractivity contribution in [1.82, 2.24) is 10.2 Å². The van der Waals surface area contributed by atoms with Gasteiger partial charge in [-0.05, 0) is 81.3 Å². The van der Waals surface area contributed by atoms with Gasteiger partial charge in [-0.1, -0.05) is 68.8 Å². The predicted molar refractivity (Wildman–Crippen MR) is 165 cm³/mol. The van der Waals surface area contributed by atoms with E-state index < -0.39 is 29.7 Å². The maximum Gasteiger partial charge on any atom is 0.408 e. The Balaban J connectivity index is 1.76. The van der Waals surface area contributed by atoms with E-state index in [2.05, 4.69) is 10.6 Å². The maximum absolute atomic E-state index is 14.5. The van der Waals surface area contributed by atoms with Crippen molar-refractivity contribution in [2.75, 3.05) is 5.32 Å². The highest BCUT2D eigenvalue weighted by Gasteiger charge is 2.44. The molecule has 3 aromatic carbocycles. The summed E-state index contributed by atoms with van der Waals surface area (Å²) in [4.78, 5) is 43.2. The zero-order valence-electron chi connectivity index (χ0n) is 25.4. The Bertz CT molecular complexity index is 1440. The van der Waals surface area contributed by atoms with Crippen LogP contribution in [0.2, 0.25) is 0 Å². The third kappa shape index (κ3) is 7.04. The van der Waals surface area contributed by atoms with Crippen molar-refractivity contribution in [3.05, 3.63) is 71.8 Å². The lowest BCUT2D eigenvalue weighted by atomic mass is 9.86. The monoisotopic (exact) mass is 573 g/mol. The van der Waals surface area contributed by atoms with Crippen molar-refractivity contribution >= 4 is 34.4 Å². The fraction of sp³-hybridized carbons (Fsp3) is 0.441. The molecule has 4 rings (SSSR count). The number of hydrogen-bond acceptors (Lipinski definition) is 5. The van der Waals surface area contributed by atoms with Gasteiger partial charge in [0.05, 0.1) is 0 Å². The number of phenols is 1. The van der Waals surface area contributed by atoms with Crippen LogP contribution in [0.15, 0.2) is 60.7 Å². The molecule has 3 unspecified atom stereocenters. The Labute approximate surface area is 248 Å². The summed E-state index contributed by atoms with van der Waals surface area (Å²) in [5.41, 5.74) is 0.787. The molecule has 1 saturated carbocycles. The highest BCUT2D eigenvalue weighted by atomic mass is 16.6. The number of fused-ring (bicyclic) bond motifs is 1. The van der Waals surface area contributed by atoms with E-state index in [-0.39, 0.29) is 23.6 Å². The molecule has 0 aromatic heterocycles. The van der Waals surface area contributed by atoms with Crippen LogP contribution >= 0.6 is 0 Å². The molecule has 3 N–H and O–H groups in total. The molecule has 0 saturated heterocycles. The van der Waals surface area contributed by atoms with Gasteiger partial charge in [0.1, 0.15) is 23.4 Å². The number of hydrogen-bond donors (Lipinski definition) is 3. The number of aromatic hydroxyl groups is 1. The molecule has 42 heavy (non-hydrogen) atoms. The number of amides is 3. The second-order valence-corrected chi connectivity index (χ2v) is 12.3. The second-order valence-electron chi connectivity index (χ2n) is 12.3. The summed E-state index contributed by atoms with van der Waals surface area (Å²) >= 11 is 0. The first-order chi connectivity index (χ1) is 19.9. The molecule has 3 aromatic rings. The highest BCUT2D eigenvalue weighted by molar-refractivity contribution is 6.01. The van der Waals surface area contributed by atoms with E-state index in [1.165, 1.54) is 0 Å². The van der Waals surface area contributed by atoms with Gasteiger partial charge in [0, 0.05) is 17.3 Å². The van der Waals surface area contributed by atoms with Gasteiger partial charge in [-0.2, -0.15) is 0 Å². The number of benzene rings is 3. The molecule has 8 heteroatoms. The van der Waals surface area contributed by atoms with Gasteiger partial charge < -0.3 is 25.4 Å². The van der Waals surface area contributed by atoms with Gasteiger partial charge in [-0.15, -0.1) is 0 Å². The average molecular weight is 574 g/mol. The fourth-order valence-electron chi connectivity index (χ4n) is 5.26. The molecule has 0 bridgehead atoms. The Morgan fingerprint density at radius 1 is 1.02 bits per heavy atom. The molecule has 1 aliphatic rings. The number of carbonyl (C=O) groups is 3. The van der Waals surface area contributed by atoms with Crippen molar-refractivity contribution in [2.45, 2.75) is 91.0 Å². The van der Waals surface area contributed by atoms with Gasteiger partial charge in [0.25, 0.3) is 5.91 Å². The number of para-hydroxylation sites is 1. The first kappa shape index (κ1) is 30.9. The van der Waals surface area contributed by atoms with Crippen LogP contribution in [0.3, 0.4) is 0 Å². The Morgan fingerprint density at radius 2 is 1.71 bits per heavy atom. The molecule has 8 nitrogen and oxygen atoms in total. The number of anilines is 1. The van der Waals surface area contributed by atoms with Crippen LogP contribution in [-0.4, -0.2) is 45.6 Å². The van der Waals surface area contributed by atoms with Crippen molar-refractivity contribution in [1.29, 1.82) is 0 Å². The number of ether oxygens (including phenoxy) is 1. The Morgan fingerprint density at radius 3 is 2.33 bits per heavy atom. The van der Waals surface area contributed by atoms with Gasteiger partial charge in [0.15, 0.2) is 0 Å². The van der Waals surface area contributed by atoms with E-state index in [9.17, 15) is 19.5 Å². The summed E-state index contributed by atoms with van der Waals surface area (Å²) in [6.45, 7) is 10.9. The third-order valence-electron chi connectivity index (χ3n) is 7.98. The Kier molecular flexibility index (Phi) is 9.44. The Hall–Kier alpha value is -4.07. The number of carbonyl (C=O) groups excluding carboxylic acids is 3. The van der Waals surface area contributed by atoms with Gasteiger partial charge in [0.2, 0.25) is 5.91 Å². The molecule has 3 atom stereocenters. The van der Waals surface area contributed by atoms with Crippen LogP contribution < -0.4 is 10.6 Å². The molecule has 0 heterocycles. The number of aryl methyl sites for hydroxylation is 1. The number of phenolic OH excluding ortho intramolecular Hbond substituents is 1. The van der Waals surface area contributed by atoms with Crippen LogP contribution in [0, 0.1) is 12.8 Å². The van der Waals surface area contributed by atoms with Crippen molar-refractivity contribution in [3.63, 3.8) is 0 Å². The summed E-state index contributed by atoms with van der Waals surface area (Å²) in [6, 6.07) is 16.5. The summed E-state index contributed by atoms with van der Waals surface area (Å²) in [5.74, 6) is -1.08. The number of alkyl carbamates (subject to hydrolysis) is 1. The number of nitrogens with zero attached hydrogens (tertiary/aromatic N) is 1. The second kappa shape index (κ2) is 12.8. The molecular formula is C34H43N3O5. The van der Waals surface area contributed by atoms with Crippen molar-refractivity contribution in [2.24, 2.45) is 5.92 Å². The van der Waals surface area contributed by atoms with Crippen LogP contribution in [0.25, 0.3) is 10.8 Å². The van der Waals surface area contributed by atoms with Gasteiger partial charge in [-0.3, -0.25) is 9.59 Å². The van der Waals surface area contributed by atoms with E-state index in [0.29, 0.717) is 23.2 Å². The normalized spacial score (nSPS) is 15.7. The highest BCUT2D eigenvalue weighted by Crippen LogP contribution is 2.39.